The largest absolute Gasteiger partial charge is 0.298 e. The average Bonchev–Trinajstić information content (AvgIpc) is 3.12. The predicted molar refractivity (Wildman–Crippen MR) is 111 cm³/mol. The van der Waals surface area contributed by atoms with Gasteiger partial charge in [-0.25, -0.2) is 13.4 Å². The van der Waals surface area contributed by atoms with Gasteiger partial charge in [0.15, 0.2) is 5.13 Å². The number of nitrogens with one attached hydrogen (secondary N) is 1. The standard InChI is InChI=1S/C20H19N3O3S2/c1-14-13-27-20(21-14)22-19(24)16-7-4-9-17(12-16)28(25,26)23-11-5-8-15-6-2-3-10-18(15)23/h2-4,6-7,9-10,12-13H,5,8,11H2,1H3,(H,21,22,24). The number of rotatable bonds is 4. The zero-order valence-corrected chi connectivity index (χ0v) is 16.9. The van der Waals surface area contributed by atoms with Crippen LogP contribution in [0.2, 0.25) is 0 Å². The zero-order chi connectivity index (χ0) is 19.7. The molecule has 144 valence electrons. The Bertz CT molecular complexity index is 1140. The summed E-state index contributed by atoms with van der Waals surface area (Å²) in [4.78, 5) is 16.8. The van der Waals surface area contributed by atoms with Crippen molar-refractivity contribution < 1.29 is 13.2 Å². The van der Waals surface area contributed by atoms with Gasteiger partial charge in [0, 0.05) is 17.5 Å². The van der Waals surface area contributed by atoms with Gasteiger partial charge in [-0.3, -0.25) is 14.4 Å². The fourth-order valence-electron chi connectivity index (χ4n) is 3.25. The first-order valence-corrected chi connectivity index (χ1v) is 11.2. The van der Waals surface area contributed by atoms with Crippen LogP contribution in [0.1, 0.15) is 28.0 Å². The fourth-order valence-corrected chi connectivity index (χ4v) is 5.53. The minimum Gasteiger partial charge on any atom is -0.298 e. The van der Waals surface area contributed by atoms with Crippen molar-refractivity contribution in [2.45, 2.75) is 24.7 Å². The molecule has 28 heavy (non-hydrogen) atoms. The van der Waals surface area contributed by atoms with Gasteiger partial charge in [0.25, 0.3) is 15.9 Å². The van der Waals surface area contributed by atoms with E-state index in [1.54, 1.807) is 12.1 Å². The van der Waals surface area contributed by atoms with Gasteiger partial charge in [-0.2, -0.15) is 0 Å². The molecule has 3 aromatic rings. The smallest absolute Gasteiger partial charge is 0.264 e. The maximum atomic E-state index is 13.3. The summed E-state index contributed by atoms with van der Waals surface area (Å²) >= 11 is 1.33. The Morgan fingerprint density at radius 1 is 1.18 bits per heavy atom. The van der Waals surface area contributed by atoms with E-state index in [-0.39, 0.29) is 16.4 Å². The Morgan fingerprint density at radius 3 is 2.79 bits per heavy atom. The molecule has 2 aromatic carbocycles. The number of fused-ring (bicyclic) bond motifs is 1. The highest BCUT2D eigenvalue weighted by molar-refractivity contribution is 7.92. The molecule has 8 heteroatoms. The number of sulfonamides is 1. The molecule has 0 saturated heterocycles. The van der Waals surface area contributed by atoms with Crippen LogP contribution >= 0.6 is 11.3 Å². The van der Waals surface area contributed by atoms with Crippen LogP contribution in [0, 0.1) is 6.92 Å². The lowest BCUT2D eigenvalue weighted by Crippen LogP contribution is -2.35. The number of benzene rings is 2. The predicted octanol–water partition coefficient (Wildman–Crippen LogP) is 3.85. The van der Waals surface area contributed by atoms with Crippen molar-refractivity contribution in [3.63, 3.8) is 0 Å². The van der Waals surface area contributed by atoms with Crippen LogP contribution in [0.15, 0.2) is 58.8 Å². The van der Waals surface area contributed by atoms with Crippen molar-refractivity contribution in [1.82, 2.24) is 4.98 Å². The second kappa shape index (κ2) is 7.37. The van der Waals surface area contributed by atoms with E-state index in [0.29, 0.717) is 17.4 Å². The lowest BCUT2D eigenvalue weighted by molar-refractivity contribution is 0.102. The molecule has 0 atom stereocenters. The summed E-state index contributed by atoms with van der Waals surface area (Å²) in [6.07, 6.45) is 1.62. The maximum absolute atomic E-state index is 13.3. The molecular weight excluding hydrogens is 394 g/mol. The van der Waals surface area contributed by atoms with E-state index in [4.69, 9.17) is 0 Å². The summed E-state index contributed by atoms with van der Waals surface area (Å²) < 4.78 is 28.0. The van der Waals surface area contributed by atoms with Gasteiger partial charge in [0.2, 0.25) is 0 Å². The van der Waals surface area contributed by atoms with Gasteiger partial charge in [0.05, 0.1) is 16.3 Å². The van der Waals surface area contributed by atoms with Gasteiger partial charge in [-0.05, 0) is 49.6 Å². The number of hydrogen-bond acceptors (Lipinski definition) is 5. The monoisotopic (exact) mass is 413 g/mol. The lowest BCUT2D eigenvalue weighted by Gasteiger charge is -2.30. The third-order valence-corrected chi connectivity index (χ3v) is 7.28. The highest BCUT2D eigenvalue weighted by Crippen LogP contribution is 2.32. The number of carbonyl (C=O) groups is 1. The van der Waals surface area contributed by atoms with E-state index in [9.17, 15) is 13.2 Å². The second-order valence-corrected chi connectivity index (χ2v) is 9.31. The summed E-state index contributed by atoms with van der Waals surface area (Å²) in [5.74, 6) is -0.384. The van der Waals surface area contributed by atoms with Gasteiger partial charge in [0.1, 0.15) is 0 Å². The molecule has 0 spiro atoms. The Balaban J connectivity index is 1.64. The summed E-state index contributed by atoms with van der Waals surface area (Å²) in [5.41, 5.74) is 2.83. The molecule has 1 amide bonds. The molecule has 0 bridgehead atoms. The van der Waals surface area contributed by atoms with Crippen molar-refractivity contribution in [1.29, 1.82) is 0 Å². The van der Waals surface area contributed by atoms with Gasteiger partial charge < -0.3 is 0 Å². The van der Waals surface area contributed by atoms with E-state index in [1.165, 1.54) is 27.8 Å². The van der Waals surface area contributed by atoms with Crippen molar-refractivity contribution in [3.8, 4) is 0 Å². The summed E-state index contributed by atoms with van der Waals surface area (Å²) in [7, 11) is -3.76. The van der Waals surface area contributed by atoms with Crippen LogP contribution in [0.5, 0.6) is 0 Å². The molecule has 0 aliphatic carbocycles. The van der Waals surface area contributed by atoms with E-state index in [1.807, 2.05) is 36.6 Å². The molecule has 0 unspecified atom stereocenters. The van der Waals surface area contributed by atoms with Crippen LogP contribution in [0.3, 0.4) is 0 Å². The Labute approximate surface area is 167 Å². The fraction of sp³-hybridized carbons (Fsp3) is 0.200. The SMILES string of the molecule is Cc1csc(NC(=O)c2cccc(S(=O)(=O)N3CCCc4ccccc43)c2)n1. The van der Waals surface area contributed by atoms with Crippen molar-refractivity contribution in [3.05, 3.63) is 70.7 Å². The molecule has 0 radical (unpaired) electrons. The first kappa shape index (κ1) is 18.6. The van der Waals surface area contributed by atoms with Crippen molar-refractivity contribution in [2.24, 2.45) is 0 Å². The molecule has 2 heterocycles. The van der Waals surface area contributed by atoms with Crippen LogP contribution in [0.4, 0.5) is 10.8 Å². The van der Waals surface area contributed by atoms with Crippen LogP contribution < -0.4 is 9.62 Å². The number of aromatic nitrogens is 1. The zero-order valence-electron chi connectivity index (χ0n) is 15.3. The average molecular weight is 414 g/mol. The van der Waals surface area contributed by atoms with Crippen molar-refractivity contribution >= 4 is 38.1 Å². The number of carbonyl (C=O) groups excluding carboxylic acids is 1. The Morgan fingerprint density at radius 2 is 2.00 bits per heavy atom. The minimum atomic E-state index is -3.76. The van der Waals surface area contributed by atoms with Gasteiger partial charge in [-0.15, -0.1) is 11.3 Å². The molecule has 0 fully saturated rings. The molecule has 1 aliphatic heterocycles. The van der Waals surface area contributed by atoms with Crippen LogP contribution in [-0.2, 0) is 16.4 Å². The van der Waals surface area contributed by atoms with E-state index < -0.39 is 10.0 Å². The first-order chi connectivity index (χ1) is 13.4. The number of hydrogen-bond donors (Lipinski definition) is 1. The minimum absolute atomic E-state index is 0.104. The normalized spacial score (nSPS) is 13.8. The first-order valence-electron chi connectivity index (χ1n) is 8.89. The number of thiazole rings is 1. The lowest BCUT2D eigenvalue weighted by atomic mass is 10.0. The second-order valence-electron chi connectivity index (χ2n) is 6.59. The molecule has 1 aromatic heterocycles. The molecule has 1 N–H and O–H groups in total. The molecular formula is C20H19N3O3S2. The summed E-state index contributed by atoms with van der Waals surface area (Å²) in [6, 6.07) is 13.7. The quantitative estimate of drug-likeness (QED) is 0.705. The summed E-state index contributed by atoms with van der Waals surface area (Å²) in [5, 5.41) is 5.04. The number of aryl methyl sites for hydroxylation is 2. The highest BCUT2D eigenvalue weighted by atomic mass is 32.2. The van der Waals surface area contributed by atoms with Gasteiger partial charge in [-0.1, -0.05) is 24.3 Å². The third kappa shape index (κ3) is 3.53. The third-order valence-electron chi connectivity index (χ3n) is 4.59. The number of amides is 1. The van der Waals surface area contributed by atoms with Crippen LogP contribution in [-0.4, -0.2) is 25.9 Å². The molecule has 0 saturated carbocycles. The molecule has 6 nitrogen and oxygen atoms in total. The van der Waals surface area contributed by atoms with E-state index in [0.717, 1.165) is 24.1 Å². The number of para-hydroxylation sites is 1. The van der Waals surface area contributed by atoms with Crippen LogP contribution in [0.25, 0.3) is 0 Å². The van der Waals surface area contributed by atoms with Gasteiger partial charge >= 0.3 is 0 Å². The Kier molecular flexibility index (Phi) is 4.91. The van der Waals surface area contributed by atoms with Crippen molar-refractivity contribution in [2.75, 3.05) is 16.2 Å². The van der Waals surface area contributed by atoms with E-state index in [2.05, 4.69) is 10.3 Å². The number of nitrogens with zero attached hydrogens (tertiary/aromatic N) is 2. The maximum Gasteiger partial charge on any atom is 0.264 e. The Hall–Kier alpha value is -2.71. The molecule has 1 aliphatic rings. The number of anilines is 2. The summed E-state index contributed by atoms with van der Waals surface area (Å²) in [6.45, 7) is 2.27. The topological polar surface area (TPSA) is 79.4 Å². The highest BCUT2D eigenvalue weighted by Gasteiger charge is 2.29. The van der Waals surface area contributed by atoms with E-state index >= 15 is 0 Å². The molecule has 4 rings (SSSR count).